The smallest absolute Gasteiger partial charge is 0.260 e. The molecule has 0 bridgehead atoms. The molecule has 2 rings (SSSR count). The standard InChI is InChI=1S/C14H19N3OS/c1-5-6-15-14-16-11(8-19-14)12-9(2)7-10(3)17(4)13(12)18/h7-8H,5-6H2,1-4H3,(H,15,16). The SMILES string of the molecule is CCCNc1nc(-c2c(C)cc(C)n(C)c2=O)cs1. The lowest BCUT2D eigenvalue weighted by Crippen LogP contribution is -2.21. The average Bonchev–Trinajstić information content (AvgIpc) is 2.82. The zero-order valence-electron chi connectivity index (χ0n) is 11.8. The first-order chi connectivity index (χ1) is 9.04. The quantitative estimate of drug-likeness (QED) is 0.934. The van der Waals surface area contributed by atoms with Crippen LogP contribution in [-0.4, -0.2) is 16.1 Å². The Balaban J connectivity index is 2.45. The highest BCUT2D eigenvalue weighted by molar-refractivity contribution is 7.14. The minimum Gasteiger partial charge on any atom is -0.362 e. The fraction of sp³-hybridized carbons (Fsp3) is 0.429. The zero-order valence-corrected chi connectivity index (χ0v) is 12.6. The molecule has 0 unspecified atom stereocenters. The molecule has 1 N–H and O–H groups in total. The molecule has 4 nitrogen and oxygen atoms in total. The van der Waals surface area contributed by atoms with E-state index in [0.29, 0.717) is 5.56 Å². The minimum atomic E-state index is 0.0184. The highest BCUT2D eigenvalue weighted by Gasteiger charge is 2.13. The third-order valence-electron chi connectivity index (χ3n) is 3.15. The molecule has 2 aromatic rings. The van der Waals surface area contributed by atoms with Gasteiger partial charge in [-0.3, -0.25) is 4.79 Å². The molecule has 102 valence electrons. The fourth-order valence-electron chi connectivity index (χ4n) is 1.99. The van der Waals surface area contributed by atoms with Crippen molar-refractivity contribution in [3.05, 3.63) is 33.1 Å². The predicted octanol–water partition coefficient (Wildman–Crippen LogP) is 2.95. The molecule has 0 radical (unpaired) electrons. The summed E-state index contributed by atoms with van der Waals surface area (Å²) in [5.41, 5.74) is 3.43. The van der Waals surface area contributed by atoms with E-state index in [0.717, 1.165) is 35.0 Å². The van der Waals surface area contributed by atoms with Crippen molar-refractivity contribution in [1.82, 2.24) is 9.55 Å². The number of nitrogens with zero attached hydrogens (tertiary/aromatic N) is 2. The van der Waals surface area contributed by atoms with Crippen LogP contribution in [0, 0.1) is 13.8 Å². The van der Waals surface area contributed by atoms with Crippen LogP contribution in [0.25, 0.3) is 11.3 Å². The number of anilines is 1. The van der Waals surface area contributed by atoms with Crippen LogP contribution in [0.3, 0.4) is 0 Å². The molecule has 0 aromatic carbocycles. The van der Waals surface area contributed by atoms with Crippen LogP contribution in [0.4, 0.5) is 5.13 Å². The van der Waals surface area contributed by atoms with E-state index in [1.165, 1.54) is 0 Å². The highest BCUT2D eigenvalue weighted by Crippen LogP contribution is 2.25. The van der Waals surface area contributed by atoms with Gasteiger partial charge in [-0.25, -0.2) is 4.98 Å². The van der Waals surface area contributed by atoms with Crippen molar-refractivity contribution in [2.75, 3.05) is 11.9 Å². The lowest BCUT2D eigenvalue weighted by Gasteiger charge is -2.08. The first-order valence-corrected chi connectivity index (χ1v) is 7.29. The van der Waals surface area contributed by atoms with Gasteiger partial charge >= 0.3 is 0 Å². The van der Waals surface area contributed by atoms with Crippen molar-refractivity contribution >= 4 is 16.5 Å². The molecule has 5 heteroatoms. The Morgan fingerprint density at radius 3 is 2.84 bits per heavy atom. The molecule has 2 aromatic heterocycles. The van der Waals surface area contributed by atoms with Crippen molar-refractivity contribution in [2.45, 2.75) is 27.2 Å². The van der Waals surface area contributed by atoms with Crippen molar-refractivity contribution in [2.24, 2.45) is 7.05 Å². The van der Waals surface area contributed by atoms with Gasteiger partial charge in [-0.1, -0.05) is 6.92 Å². The molecule has 2 heterocycles. The molecule has 0 fully saturated rings. The molecule has 0 saturated carbocycles. The summed E-state index contributed by atoms with van der Waals surface area (Å²) in [6.07, 6.45) is 1.06. The Morgan fingerprint density at radius 2 is 2.16 bits per heavy atom. The lowest BCUT2D eigenvalue weighted by atomic mass is 10.1. The third kappa shape index (κ3) is 2.71. The number of rotatable bonds is 4. The predicted molar refractivity (Wildman–Crippen MR) is 81.0 cm³/mol. The van der Waals surface area contributed by atoms with Gasteiger partial charge in [-0.15, -0.1) is 11.3 Å². The topological polar surface area (TPSA) is 46.9 Å². The zero-order chi connectivity index (χ0) is 14.0. The molecule has 0 aliphatic carbocycles. The normalized spacial score (nSPS) is 10.7. The molecular formula is C14H19N3OS. The molecule has 0 spiro atoms. The van der Waals surface area contributed by atoms with Crippen LogP contribution in [0.15, 0.2) is 16.2 Å². The number of thiazole rings is 1. The second-order valence-electron chi connectivity index (χ2n) is 4.67. The average molecular weight is 277 g/mol. The first kappa shape index (κ1) is 13.8. The molecule has 0 saturated heterocycles. The lowest BCUT2D eigenvalue weighted by molar-refractivity contribution is 0.816. The number of aromatic nitrogens is 2. The molecule has 0 atom stereocenters. The van der Waals surface area contributed by atoms with E-state index >= 15 is 0 Å². The van der Waals surface area contributed by atoms with E-state index < -0.39 is 0 Å². The van der Waals surface area contributed by atoms with E-state index in [4.69, 9.17) is 0 Å². The summed E-state index contributed by atoms with van der Waals surface area (Å²) in [6, 6.07) is 2.02. The number of hydrogen-bond acceptors (Lipinski definition) is 4. The first-order valence-electron chi connectivity index (χ1n) is 6.41. The van der Waals surface area contributed by atoms with Crippen molar-refractivity contribution in [1.29, 1.82) is 0 Å². The van der Waals surface area contributed by atoms with Gasteiger partial charge in [0, 0.05) is 24.7 Å². The van der Waals surface area contributed by atoms with Gasteiger partial charge in [-0.05, 0) is 31.9 Å². The minimum absolute atomic E-state index is 0.0184. The Morgan fingerprint density at radius 1 is 1.42 bits per heavy atom. The van der Waals surface area contributed by atoms with Gasteiger partial charge in [0.1, 0.15) is 0 Å². The molecule has 0 aliphatic heterocycles. The van der Waals surface area contributed by atoms with Gasteiger partial charge in [0.05, 0.1) is 11.3 Å². The Hall–Kier alpha value is -1.62. The van der Waals surface area contributed by atoms with E-state index in [1.807, 2.05) is 25.3 Å². The van der Waals surface area contributed by atoms with Crippen molar-refractivity contribution in [3.63, 3.8) is 0 Å². The second-order valence-corrected chi connectivity index (χ2v) is 5.53. The number of hydrogen-bond donors (Lipinski definition) is 1. The number of nitrogens with one attached hydrogen (secondary N) is 1. The largest absolute Gasteiger partial charge is 0.362 e. The summed E-state index contributed by atoms with van der Waals surface area (Å²) in [4.78, 5) is 16.8. The highest BCUT2D eigenvalue weighted by atomic mass is 32.1. The van der Waals surface area contributed by atoms with Crippen LogP contribution in [0.2, 0.25) is 0 Å². The summed E-state index contributed by atoms with van der Waals surface area (Å²) in [5, 5.41) is 6.06. The summed E-state index contributed by atoms with van der Waals surface area (Å²) in [6.45, 7) is 6.91. The second kappa shape index (κ2) is 5.57. The van der Waals surface area contributed by atoms with E-state index in [2.05, 4.69) is 17.2 Å². The fourth-order valence-corrected chi connectivity index (χ4v) is 2.72. The number of aryl methyl sites for hydroxylation is 2. The monoisotopic (exact) mass is 277 g/mol. The maximum atomic E-state index is 12.3. The van der Waals surface area contributed by atoms with Crippen LogP contribution in [-0.2, 0) is 7.05 Å². The molecular weight excluding hydrogens is 258 g/mol. The van der Waals surface area contributed by atoms with Crippen LogP contribution < -0.4 is 10.9 Å². The van der Waals surface area contributed by atoms with Gasteiger partial charge in [-0.2, -0.15) is 0 Å². The number of pyridine rings is 1. The van der Waals surface area contributed by atoms with Crippen LogP contribution in [0.1, 0.15) is 24.6 Å². The maximum absolute atomic E-state index is 12.3. The third-order valence-corrected chi connectivity index (χ3v) is 3.95. The molecule has 19 heavy (non-hydrogen) atoms. The van der Waals surface area contributed by atoms with Crippen molar-refractivity contribution in [3.8, 4) is 11.3 Å². The van der Waals surface area contributed by atoms with E-state index in [1.54, 1.807) is 23.0 Å². The maximum Gasteiger partial charge on any atom is 0.260 e. The van der Waals surface area contributed by atoms with Crippen LogP contribution >= 0.6 is 11.3 Å². The summed E-state index contributed by atoms with van der Waals surface area (Å²) in [7, 11) is 1.79. The van der Waals surface area contributed by atoms with Gasteiger partial charge in [0.2, 0.25) is 0 Å². The summed E-state index contributed by atoms with van der Waals surface area (Å²) in [5.74, 6) is 0. The molecule has 0 aliphatic rings. The Labute approximate surface area is 117 Å². The Kier molecular flexibility index (Phi) is 4.04. The summed E-state index contributed by atoms with van der Waals surface area (Å²) < 4.78 is 1.67. The van der Waals surface area contributed by atoms with Gasteiger partial charge < -0.3 is 9.88 Å². The van der Waals surface area contributed by atoms with E-state index in [-0.39, 0.29) is 5.56 Å². The summed E-state index contributed by atoms with van der Waals surface area (Å²) >= 11 is 1.54. The van der Waals surface area contributed by atoms with Gasteiger partial charge in [0.15, 0.2) is 5.13 Å². The van der Waals surface area contributed by atoms with E-state index in [9.17, 15) is 4.79 Å². The molecule has 0 amide bonds. The van der Waals surface area contributed by atoms with Gasteiger partial charge in [0.25, 0.3) is 5.56 Å². The Bertz CT molecular complexity index is 643. The van der Waals surface area contributed by atoms with Crippen molar-refractivity contribution < 1.29 is 0 Å². The van der Waals surface area contributed by atoms with Crippen LogP contribution in [0.5, 0.6) is 0 Å².